The Balaban J connectivity index is 1.90. The van der Waals surface area contributed by atoms with Gasteiger partial charge in [-0.15, -0.1) is 0 Å². The maximum absolute atomic E-state index is 13.5. The number of carbonyl (C=O) groups excluding carboxylic acids is 2. The molecule has 0 saturated carbocycles. The number of fused-ring (bicyclic) bond motifs is 2. The first-order valence-corrected chi connectivity index (χ1v) is 12.4. The zero-order chi connectivity index (χ0) is 26.4. The Kier molecular flexibility index (Phi) is 6.61. The Morgan fingerprint density at radius 3 is 2.64 bits per heavy atom. The Hall–Kier alpha value is -3.37. The van der Waals surface area contributed by atoms with Crippen molar-refractivity contribution in [3.05, 3.63) is 53.0 Å². The summed E-state index contributed by atoms with van der Waals surface area (Å²) in [7, 11) is -4.09. The molecule has 0 aromatic heterocycles. The van der Waals surface area contributed by atoms with E-state index < -0.39 is 67.6 Å². The first-order valence-electron chi connectivity index (χ1n) is 9.80. The normalized spacial score (nSPS) is 21.2. The molecule has 2 aliphatic heterocycles. The van der Waals surface area contributed by atoms with Gasteiger partial charge in [0.2, 0.25) is 29.3 Å². The molecule has 0 N–H and O–H groups in total. The van der Waals surface area contributed by atoms with E-state index in [0.29, 0.717) is 0 Å². The molecule has 0 radical (unpaired) electrons. The molecule has 0 fully saturated rings. The number of ketones is 1. The summed E-state index contributed by atoms with van der Waals surface area (Å²) in [6.45, 7) is -0.605. The van der Waals surface area contributed by atoms with Crippen LogP contribution < -0.4 is 14.2 Å². The van der Waals surface area contributed by atoms with Crippen molar-refractivity contribution in [3.63, 3.8) is 0 Å². The predicted molar refractivity (Wildman–Crippen MR) is 114 cm³/mol. The van der Waals surface area contributed by atoms with Crippen LogP contribution in [0.4, 0.5) is 13.2 Å². The fraction of sp³-hybridized carbons (Fsp3) is 0.300. The maximum Gasteiger partial charge on any atom is 0.534 e. The second kappa shape index (κ2) is 9.25. The number of allylic oxidation sites excluding steroid dienone is 4. The van der Waals surface area contributed by atoms with E-state index in [9.17, 15) is 35.7 Å². The van der Waals surface area contributed by atoms with Crippen LogP contribution in [0.5, 0.6) is 17.2 Å². The van der Waals surface area contributed by atoms with Gasteiger partial charge >= 0.3 is 21.6 Å². The largest absolute Gasteiger partial charge is 0.592 e. The minimum absolute atomic E-state index is 0.123. The minimum Gasteiger partial charge on any atom is -0.592 e. The van der Waals surface area contributed by atoms with Crippen molar-refractivity contribution in [2.75, 3.05) is 21.0 Å². The van der Waals surface area contributed by atoms with Gasteiger partial charge in [0.15, 0.2) is 17.3 Å². The monoisotopic (exact) mass is 551 g/mol. The van der Waals surface area contributed by atoms with E-state index in [4.69, 9.17) is 14.2 Å². The first kappa shape index (κ1) is 25.7. The quantitative estimate of drug-likeness (QED) is 0.220. The zero-order valence-corrected chi connectivity index (χ0v) is 20.0. The van der Waals surface area contributed by atoms with Gasteiger partial charge in [-0.3, -0.25) is 4.79 Å². The summed E-state index contributed by atoms with van der Waals surface area (Å²) in [6.07, 6.45) is 3.14. The van der Waals surface area contributed by atoms with Crippen molar-refractivity contribution in [3.8, 4) is 17.2 Å². The average molecular weight is 551 g/mol. The minimum atomic E-state index is -6.30. The second-order valence-corrected chi connectivity index (χ2v) is 10.3. The molecule has 0 amide bonds. The molecule has 2 unspecified atom stereocenters. The molecular formula is C20H16F3NO10S2. The van der Waals surface area contributed by atoms with Crippen LogP contribution in [0.15, 0.2) is 47.4 Å². The SMILES string of the molecule is COC(=O)C1=C(OS(=O)(=O)C(F)(F)F)C2=CC=CC(=O)C2[S+]([O-])N1Cc1cc(OC)c2c(c1)OCO2. The Bertz CT molecular complexity index is 1320. The summed E-state index contributed by atoms with van der Waals surface area (Å²) in [4.78, 5) is 25.3. The van der Waals surface area contributed by atoms with Gasteiger partial charge in [-0.2, -0.15) is 25.9 Å². The van der Waals surface area contributed by atoms with Crippen molar-refractivity contribution in [2.24, 2.45) is 0 Å². The van der Waals surface area contributed by atoms with Crippen LogP contribution in [0.25, 0.3) is 0 Å². The maximum atomic E-state index is 13.5. The molecule has 2 atom stereocenters. The van der Waals surface area contributed by atoms with Crippen LogP contribution in [-0.2, 0) is 46.5 Å². The molecule has 1 aliphatic carbocycles. The summed E-state index contributed by atoms with van der Waals surface area (Å²) in [5, 5.41) is -1.65. The molecule has 4 rings (SSSR count). The number of hydrogen-bond acceptors (Lipinski definition) is 11. The van der Waals surface area contributed by atoms with Crippen LogP contribution in [0, 0.1) is 0 Å². The summed E-state index contributed by atoms with van der Waals surface area (Å²) in [6, 6.07) is 2.85. The van der Waals surface area contributed by atoms with Gasteiger partial charge in [0.25, 0.3) is 0 Å². The number of halogens is 3. The molecule has 36 heavy (non-hydrogen) atoms. The van der Waals surface area contributed by atoms with Crippen molar-refractivity contribution in [1.29, 1.82) is 0 Å². The molecule has 0 saturated heterocycles. The van der Waals surface area contributed by atoms with Crippen LogP contribution >= 0.6 is 0 Å². The lowest BCUT2D eigenvalue weighted by atomic mass is 10.00. The summed E-state index contributed by atoms with van der Waals surface area (Å²) < 4.78 is 102. The van der Waals surface area contributed by atoms with E-state index >= 15 is 0 Å². The third kappa shape index (κ3) is 4.35. The van der Waals surface area contributed by atoms with Crippen LogP contribution in [0.1, 0.15) is 5.56 Å². The molecule has 0 bridgehead atoms. The van der Waals surface area contributed by atoms with Gasteiger partial charge < -0.3 is 27.7 Å². The van der Waals surface area contributed by atoms with Crippen molar-refractivity contribution in [2.45, 2.75) is 17.3 Å². The number of hydrogen-bond donors (Lipinski definition) is 0. The number of rotatable bonds is 6. The standard InChI is InChI=1S/C20H16F3NO10S2/c1-30-13-6-10(7-14-17(13)33-9-32-14)8-24-15(19(26)31-2)16(34-36(28,29)20(21,22)23)11-4-3-5-12(25)18(11)35(24)27/h3-7,18H,8-9H2,1-2H3. The van der Waals surface area contributed by atoms with E-state index in [2.05, 4.69) is 8.92 Å². The smallest absolute Gasteiger partial charge is 0.534 e. The van der Waals surface area contributed by atoms with E-state index in [1.165, 1.54) is 19.2 Å². The summed E-state index contributed by atoms with van der Waals surface area (Å²) >= 11 is -2.42. The van der Waals surface area contributed by atoms with Crippen LogP contribution in [0.3, 0.4) is 0 Å². The lowest BCUT2D eigenvalue weighted by molar-refractivity contribution is -0.137. The Morgan fingerprint density at radius 1 is 1.28 bits per heavy atom. The molecule has 3 aliphatic rings. The van der Waals surface area contributed by atoms with E-state index in [-0.39, 0.29) is 29.6 Å². The molecule has 194 valence electrons. The number of ether oxygens (including phenoxy) is 4. The topological polar surface area (TPSA) is 141 Å². The highest BCUT2D eigenvalue weighted by Gasteiger charge is 2.55. The van der Waals surface area contributed by atoms with Gasteiger partial charge in [-0.05, 0) is 29.8 Å². The molecule has 1 aromatic rings. The number of nitrogens with zero attached hydrogens (tertiary/aromatic N) is 1. The fourth-order valence-electron chi connectivity index (χ4n) is 3.56. The summed E-state index contributed by atoms with van der Waals surface area (Å²) in [5.41, 5.74) is -6.99. The van der Waals surface area contributed by atoms with Gasteiger partial charge in [0.05, 0.1) is 37.7 Å². The lowest BCUT2D eigenvalue weighted by Gasteiger charge is -2.37. The fourth-order valence-corrected chi connectivity index (χ4v) is 5.60. The highest BCUT2D eigenvalue weighted by Crippen LogP contribution is 2.44. The van der Waals surface area contributed by atoms with Gasteiger partial charge in [0, 0.05) is 0 Å². The predicted octanol–water partition coefficient (Wildman–Crippen LogP) is 1.59. The molecule has 16 heteroatoms. The van der Waals surface area contributed by atoms with Gasteiger partial charge in [0.1, 0.15) is 0 Å². The summed E-state index contributed by atoms with van der Waals surface area (Å²) in [5.74, 6) is -2.61. The second-order valence-electron chi connectivity index (χ2n) is 7.26. The van der Waals surface area contributed by atoms with Crippen LogP contribution in [-0.4, -0.2) is 60.8 Å². The molecule has 1 aromatic carbocycles. The van der Waals surface area contributed by atoms with Crippen molar-refractivity contribution < 1.29 is 58.9 Å². The molecule has 0 spiro atoms. The highest BCUT2D eigenvalue weighted by molar-refractivity contribution is 7.91. The number of esters is 1. The van der Waals surface area contributed by atoms with E-state index in [0.717, 1.165) is 29.6 Å². The number of methoxy groups -OCH3 is 2. The van der Waals surface area contributed by atoms with Gasteiger partial charge in [-0.1, -0.05) is 6.08 Å². The van der Waals surface area contributed by atoms with Crippen LogP contribution in [0.2, 0.25) is 0 Å². The highest BCUT2D eigenvalue weighted by atomic mass is 32.2. The van der Waals surface area contributed by atoms with Gasteiger partial charge in [-0.25, -0.2) is 4.79 Å². The Morgan fingerprint density at radius 2 is 2.00 bits per heavy atom. The molecule has 2 heterocycles. The third-order valence-corrected chi connectivity index (χ3v) is 7.71. The van der Waals surface area contributed by atoms with E-state index in [1.807, 2.05) is 0 Å². The Labute approximate surface area is 205 Å². The number of carbonyl (C=O) groups is 2. The van der Waals surface area contributed by atoms with Crippen molar-refractivity contribution in [1.82, 2.24) is 4.31 Å². The van der Waals surface area contributed by atoms with E-state index in [1.54, 1.807) is 0 Å². The molecule has 11 nitrogen and oxygen atoms in total. The average Bonchev–Trinajstić information content (AvgIpc) is 3.29. The van der Waals surface area contributed by atoms with Crippen molar-refractivity contribution >= 4 is 33.2 Å². The molecular weight excluding hydrogens is 535 g/mol. The zero-order valence-electron chi connectivity index (χ0n) is 18.4. The number of alkyl halides is 3. The first-order chi connectivity index (χ1) is 16.9. The lowest BCUT2D eigenvalue weighted by Crippen LogP contribution is -2.50. The third-order valence-electron chi connectivity index (χ3n) is 5.12. The number of benzene rings is 1.